The molecule has 0 saturated heterocycles. The van der Waals surface area contributed by atoms with Crippen molar-refractivity contribution in [3.8, 4) is 0 Å². The van der Waals surface area contributed by atoms with E-state index < -0.39 is 16.4 Å². The number of hydrogen-bond donors (Lipinski definition) is 4. The van der Waals surface area contributed by atoms with Crippen LogP contribution in [0.2, 0.25) is 0 Å². The molecule has 2 aromatic rings. The van der Waals surface area contributed by atoms with Gasteiger partial charge in [-0.25, -0.2) is 13.4 Å². The second-order valence-corrected chi connectivity index (χ2v) is 9.23. The van der Waals surface area contributed by atoms with E-state index in [9.17, 15) is 13.5 Å². The minimum atomic E-state index is -3.55. The quantitative estimate of drug-likeness (QED) is 0.450. The lowest BCUT2D eigenvalue weighted by atomic mass is 10.1. The first-order valence-electron chi connectivity index (χ1n) is 8.37. The van der Waals surface area contributed by atoms with Gasteiger partial charge < -0.3 is 20.8 Å². The summed E-state index contributed by atoms with van der Waals surface area (Å²) >= 11 is 3.38. The molecule has 0 aliphatic heterocycles. The standard InChI is InChI=1S/C17H23BrN4O4S/c1-11(2)15(10-24)21-16-14(18)9-19-17(22-16)20-12-4-3-5-13(8-12)27(25,26)7-6-23/h3-5,8-9,11,15,23-24H,6-7,10H2,1-2H3,(H2,19,20,21,22)/t15-/m0/s1. The van der Waals surface area contributed by atoms with Gasteiger partial charge in [-0.3, -0.25) is 0 Å². The molecule has 8 nitrogen and oxygen atoms in total. The smallest absolute Gasteiger partial charge is 0.229 e. The van der Waals surface area contributed by atoms with Crippen LogP contribution in [0.25, 0.3) is 0 Å². The summed E-state index contributed by atoms with van der Waals surface area (Å²) < 4.78 is 24.8. The Kier molecular flexibility index (Phi) is 7.54. The second-order valence-electron chi connectivity index (χ2n) is 6.26. The Labute approximate surface area is 167 Å². The molecule has 1 atom stereocenters. The van der Waals surface area contributed by atoms with E-state index in [0.717, 1.165) is 0 Å². The van der Waals surface area contributed by atoms with Crippen LogP contribution >= 0.6 is 15.9 Å². The Morgan fingerprint density at radius 3 is 2.63 bits per heavy atom. The number of benzene rings is 1. The summed E-state index contributed by atoms with van der Waals surface area (Å²) in [4.78, 5) is 8.67. The van der Waals surface area contributed by atoms with Crippen LogP contribution in [0.1, 0.15) is 13.8 Å². The molecule has 1 aromatic carbocycles. The molecule has 0 fully saturated rings. The Hall–Kier alpha value is -1.75. The maximum atomic E-state index is 12.1. The van der Waals surface area contributed by atoms with E-state index in [1.807, 2.05) is 13.8 Å². The zero-order chi connectivity index (χ0) is 20.0. The van der Waals surface area contributed by atoms with Crippen molar-refractivity contribution in [2.45, 2.75) is 24.8 Å². The molecule has 27 heavy (non-hydrogen) atoms. The summed E-state index contributed by atoms with van der Waals surface area (Å²) in [6.07, 6.45) is 1.57. The highest BCUT2D eigenvalue weighted by atomic mass is 79.9. The monoisotopic (exact) mass is 458 g/mol. The summed E-state index contributed by atoms with van der Waals surface area (Å²) in [5.41, 5.74) is 0.504. The first-order chi connectivity index (χ1) is 12.8. The minimum absolute atomic E-state index is 0.0400. The predicted octanol–water partition coefficient (Wildman–Crippen LogP) is 2.18. The van der Waals surface area contributed by atoms with Gasteiger partial charge in [0.15, 0.2) is 9.84 Å². The van der Waals surface area contributed by atoms with Crippen molar-refractivity contribution in [3.05, 3.63) is 34.9 Å². The summed E-state index contributed by atoms with van der Waals surface area (Å²) in [5, 5.41) is 24.5. The lowest BCUT2D eigenvalue weighted by Crippen LogP contribution is -2.30. The van der Waals surface area contributed by atoms with Crippen LogP contribution in [0.15, 0.2) is 39.8 Å². The summed E-state index contributed by atoms with van der Waals surface area (Å²) in [5.74, 6) is 0.653. The van der Waals surface area contributed by atoms with Crippen LogP contribution in [0, 0.1) is 5.92 Å². The molecule has 0 spiro atoms. The molecule has 0 bridgehead atoms. The minimum Gasteiger partial charge on any atom is -0.395 e. The third-order valence-corrected chi connectivity index (χ3v) is 6.15. The normalized spacial score (nSPS) is 12.8. The number of halogens is 1. The Morgan fingerprint density at radius 2 is 2.00 bits per heavy atom. The van der Waals surface area contributed by atoms with E-state index in [1.54, 1.807) is 18.3 Å². The molecule has 0 aliphatic carbocycles. The van der Waals surface area contributed by atoms with Crippen LogP contribution in [0.5, 0.6) is 0 Å². The Morgan fingerprint density at radius 1 is 1.26 bits per heavy atom. The van der Waals surface area contributed by atoms with Crippen molar-refractivity contribution in [2.75, 3.05) is 29.6 Å². The zero-order valence-corrected chi connectivity index (χ0v) is 17.5. The van der Waals surface area contributed by atoms with Gasteiger partial charge in [-0.1, -0.05) is 19.9 Å². The Balaban J connectivity index is 2.24. The van der Waals surface area contributed by atoms with Crippen LogP contribution in [-0.2, 0) is 9.84 Å². The highest BCUT2D eigenvalue weighted by Gasteiger charge is 2.16. The summed E-state index contributed by atoms with van der Waals surface area (Å²) in [6, 6.07) is 6.07. The molecule has 0 saturated carbocycles. The van der Waals surface area contributed by atoms with Gasteiger partial charge in [-0.05, 0) is 40.0 Å². The fourth-order valence-corrected chi connectivity index (χ4v) is 3.64. The van der Waals surface area contributed by atoms with Crippen LogP contribution < -0.4 is 10.6 Å². The first kappa shape index (κ1) is 21.5. The van der Waals surface area contributed by atoms with Crippen LogP contribution in [-0.4, -0.2) is 53.6 Å². The third-order valence-electron chi connectivity index (χ3n) is 3.88. The maximum Gasteiger partial charge on any atom is 0.229 e. The molecule has 10 heteroatoms. The van der Waals surface area contributed by atoms with Gasteiger partial charge >= 0.3 is 0 Å². The van der Waals surface area contributed by atoms with Gasteiger partial charge in [0.25, 0.3) is 0 Å². The van der Waals surface area contributed by atoms with E-state index in [-0.39, 0.29) is 35.2 Å². The number of aliphatic hydroxyl groups excluding tert-OH is 2. The molecule has 148 valence electrons. The largest absolute Gasteiger partial charge is 0.395 e. The Bertz CT molecular complexity index is 877. The fraction of sp³-hybridized carbons (Fsp3) is 0.412. The van der Waals surface area contributed by atoms with Crippen LogP contribution in [0.3, 0.4) is 0 Å². The van der Waals surface area contributed by atoms with E-state index in [0.29, 0.717) is 16.0 Å². The van der Waals surface area contributed by atoms with Gasteiger partial charge in [0.1, 0.15) is 5.82 Å². The first-order valence-corrected chi connectivity index (χ1v) is 10.8. The number of aromatic nitrogens is 2. The average molecular weight is 459 g/mol. The van der Waals surface area contributed by atoms with Crippen molar-refractivity contribution in [1.82, 2.24) is 9.97 Å². The highest BCUT2D eigenvalue weighted by molar-refractivity contribution is 9.10. The number of hydrogen-bond acceptors (Lipinski definition) is 8. The topological polar surface area (TPSA) is 124 Å². The average Bonchev–Trinajstić information content (AvgIpc) is 2.62. The molecule has 1 aromatic heterocycles. The number of nitrogens with zero attached hydrogens (tertiary/aromatic N) is 2. The molecule has 2 rings (SSSR count). The third kappa shape index (κ3) is 5.86. The van der Waals surface area contributed by atoms with Crippen molar-refractivity contribution in [1.29, 1.82) is 0 Å². The summed E-state index contributed by atoms with van der Waals surface area (Å²) in [6.45, 7) is 3.50. The lowest BCUT2D eigenvalue weighted by Gasteiger charge is -2.21. The van der Waals surface area contributed by atoms with Crippen molar-refractivity contribution in [3.63, 3.8) is 0 Å². The predicted molar refractivity (Wildman–Crippen MR) is 108 cm³/mol. The molecule has 0 aliphatic rings. The molecular weight excluding hydrogens is 436 g/mol. The van der Waals surface area contributed by atoms with E-state index in [1.165, 1.54) is 12.1 Å². The molecule has 4 N–H and O–H groups in total. The van der Waals surface area contributed by atoms with Crippen molar-refractivity contribution >= 4 is 43.2 Å². The van der Waals surface area contributed by atoms with Gasteiger partial charge in [-0.2, -0.15) is 4.98 Å². The number of sulfone groups is 1. The molecule has 1 heterocycles. The van der Waals surface area contributed by atoms with E-state index in [4.69, 9.17) is 5.11 Å². The van der Waals surface area contributed by atoms with Crippen LogP contribution in [0.4, 0.5) is 17.5 Å². The van der Waals surface area contributed by atoms with E-state index in [2.05, 4.69) is 36.5 Å². The SMILES string of the molecule is CC(C)[C@H](CO)Nc1nc(Nc2cccc(S(=O)(=O)CCO)c2)ncc1Br. The fourth-order valence-electron chi connectivity index (χ4n) is 2.26. The maximum absolute atomic E-state index is 12.1. The molecule has 0 radical (unpaired) electrons. The number of nitrogens with one attached hydrogen (secondary N) is 2. The molecular formula is C17H23BrN4O4S. The lowest BCUT2D eigenvalue weighted by molar-refractivity contribution is 0.249. The highest BCUT2D eigenvalue weighted by Crippen LogP contribution is 2.24. The van der Waals surface area contributed by atoms with Crippen molar-refractivity contribution < 1.29 is 18.6 Å². The zero-order valence-electron chi connectivity index (χ0n) is 15.1. The molecule has 0 unspecified atom stereocenters. The number of anilines is 3. The van der Waals surface area contributed by atoms with Gasteiger partial charge in [0.2, 0.25) is 5.95 Å². The molecule has 0 amide bonds. The van der Waals surface area contributed by atoms with E-state index >= 15 is 0 Å². The number of rotatable bonds is 9. The van der Waals surface area contributed by atoms with Gasteiger partial charge in [0.05, 0.1) is 34.4 Å². The second kappa shape index (κ2) is 9.45. The number of aliphatic hydroxyl groups is 2. The van der Waals surface area contributed by atoms with Gasteiger partial charge in [-0.15, -0.1) is 0 Å². The van der Waals surface area contributed by atoms with Crippen molar-refractivity contribution in [2.24, 2.45) is 5.92 Å². The summed E-state index contributed by atoms with van der Waals surface area (Å²) in [7, 11) is -3.55. The van der Waals surface area contributed by atoms with Gasteiger partial charge in [0, 0.05) is 11.9 Å².